The molecule has 0 unspecified atom stereocenters. The van der Waals surface area contributed by atoms with E-state index in [1.54, 1.807) is 21.1 Å². The number of carbonyl (C=O) groups excluding carboxylic acids is 2. The van der Waals surface area contributed by atoms with E-state index < -0.39 is 5.91 Å². The van der Waals surface area contributed by atoms with Gasteiger partial charge in [0.25, 0.3) is 11.8 Å². The fourth-order valence-corrected chi connectivity index (χ4v) is 2.62. The zero-order valence-electron chi connectivity index (χ0n) is 12.2. The summed E-state index contributed by atoms with van der Waals surface area (Å²) in [7, 11) is 0. The molecule has 6 heteroatoms. The zero-order valence-corrected chi connectivity index (χ0v) is 12.2. The lowest BCUT2D eigenvalue weighted by atomic mass is 10.1. The highest BCUT2D eigenvalue weighted by Crippen LogP contribution is 2.18. The monoisotopic (exact) mass is 299 g/mol. The molecule has 0 atom stereocenters. The van der Waals surface area contributed by atoms with Crippen molar-refractivity contribution in [1.82, 2.24) is 14.9 Å². The van der Waals surface area contributed by atoms with Crippen LogP contribution in [0.1, 0.15) is 32.0 Å². The van der Waals surface area contributed by atoms with Gasteiger partial charge in [-0.25, -0.2) is 5.48 Å². The van der Waals surface area contributed by atoms with Crippen molar-refractivity contribution in [2.24, 2.45) is 0 Å². The maximum Gasteiger partial charge on any atom is 0.276 e. The second-order valence-electron chi connectivity index (χ2n) is 5.46. The van der Waals surface area contributed by atoms with Crippen LogP contribution in [0.25, 0.3) is 0 Å². The highest BCUT2D eigenvalue weighted by molar-refractivity contribution is 5.99. The number of hydrogen-bond acceptors (Lipinski definition) is 3. The summed E-state index contributed by atoms with van der Waals surface area (Å²) in [5.74, 6) is -0.719. The first-order chi connectivity index (χ1) is 10.6. The van der Waals surface area contributed by atoms with Crippen molar-refractivity contribution in [2.75, 3.05) is 6.54 Å². The van der Waals surface area contributed by atoms with E-state index in [1.807, 2.05) is 31.2 Å². The molecular weight excluding hydrogens is 282 g/mol. The standard InChI is InChI=1S/C16H17N3O3/c1-11-2-4-12(5-3-11)9-19-7-6-18-10-13(15(20)17-22)8-14(18)16(19)21/h2-5,8,10,22H,6-7,9H2,1H3,(H,17,20). The highest BCUT2D eigenvalue weighted by atomic mass is 16.5. The van der Waals surface area contributed by atoms with Gasteiger partial charge in [0.15, 0.2) is 0 Å². The molecule has 2 amide bonds. The lowest BCUT2D eigenvalue weighted by Crippen LogP contribution is -2.39. The van der Waals surface area contributed by atoms with Gasteiger partial charge in [0.05, 0.1) is 5.56 Å². The van der Waals surface area contributed by atoms with Crippen molar-refractivity contribution < 1.29 is 14.8 Å². The zero-order chi connectivity index (χ0) is 15.7. The third kappa shape index (κ3) is 2.60. The summed E-state index contributed by atoms with van der Waals surface area (Å²) in [6.45, 7) is 3.79. The van der Waals surface area contributed by atoms with Crippen LogP contribution < -0.4 is 5.48 Å². The third-order valence-electron chi connectivity index (χ3n) is 3.87. The van der Waals surface area contributed by atoms with Gasteiger partial charge in [-0.3, -0.25) is 14.8 Å². The number of amides is 2. The number of fused-ring (bicyclic) bond motifs is 1. The molecular formula is C16H17N3O3. The largest absolute Gasteiger partial charge is 0.341 e. The number of nitrogens with one attached hydrogen (secondary N) is 1. The Morgan fingerprint density at radius 1 is 1.27 bits per heavy atom. The van der Waals surface area contributed by atoms with Gasteiger partial charge in [-0.15, -0.1) is 0 Å². The van der Waals surface area contributed by atoms with Gasteiger partial charge in [-0.1, -0.05) is 29.8 Å². The van der Waals surface area contributed by atoms with E-state index in [9.17, 15) is 9.59 Å². The number of nitrogens with zero attached hydrogens (tertiary/aromatic N) is 2. The molecule has 1 aromatic carbocycles. The number of aromatic nitrogens is 1. The summed E-state index contributed by atoms with van der Waals surface area (Å²) in [5.41, 5.74) is 4.59. The smallest absolute Gasteiger partial charge is 0.276 e. The molecule has 2 heterocycles. The van der Waals surface area contributed by atoms with Crippen LogP contribution in [0.4, 0.5) is 0 Å². The molecule has 6 nitrogen and oxygen atoms in total. The molecule has 0 spiro atoms. The molecule has 2 N–H and O–H groups in total. The first-order valence-electron chi connectivity index (χ1n) is 7.08. The average Bonchev–Trinajstić information content (AvgIpc) is 2.96. The Balaban J connectivity index is 1.80. The molecule has 114 valence electrons. The summed E-state index contributed by atoms with van der Waals surface area (Å²) in [6.07, 6.45) is 1.59. The molecule has 0 fully saturated rings. The van der Waals surface area contributed by atoms with Crippen LogP contribution in [0.15, 0.2) is 36.5 Å². The lowest BCUT2D eigenvalue weighted by molar-refractivity contribution is 0.0689. The normalized spacial score (nSPS) is 13.9. The molecule has 22 heavy (non-hydrogen) atoms. The van der Waals surface area contributed by atoms with E-state index in [0.717, 1.165) is 5.56 Å². The van der Waals surface area contributed by atoms with Crippen LogP contribution in [0.5, 0.6) is 0 Å². The Labute approximate surface area is 127 Å². The molecule has 0 saturated carbocycles. The summed E-state index contributed by atoms with van der Waals surface area (Å²) in [6, 6.07) is 9.59. The molecule has 1 aliphatic rings. The average molecular weight is 299 g/mol. The third-order valence-corrected chi connectivity index (χ3v) is 3.87. The van der Waals surface area contributed by atoms with Gasteiger partial charge in [0, 0.05) is 25.8 Å². The molecule has 0 saturated heterocycles. The number of benzene rings is 1. The second-order valence-corrected chi connectivity index (χ2v) is 5.46. The number of rotatable bonds is 3. The van der Waals surface area contributed by atoms with Crippen molar-refractivity contribution in [3.63, 3.8) is 0 Å². The van der Waals surface area contributed by atoms with Crippen LogP contribution in [-0.2, 0) is 13.1 Å². The van der Waals surface area contributed by atoms with Crippen LogP contribution in [0, 0.1) is 6.92 Å². The number of carbonyl (C=O) groups is 2. The van der Waals surface area contributed by atoms with Crippen LogP contribution in [0.3, 0.4) is 0 Å². The minimum Gasteiger partial charge on any atom is -0.341 e. The number of aryl methyl sites for hydroxylation is 1. The maximum absolute atomic E-state index is 12.5. The van der Waals surface area contributed by atoms with E-state index >= 15 is 0 Å². The lowest BCUT2D eigenvalue weighted by Gasteiger charge is -2.28. The van der Waals surface area contributed by atoms with Gasteiger partial charge in [0.1, 0.15) is 5.69 Å². The Morgan fingerprint density at radius 2 is 2.00 bits per heavy atom. The van der Waals surface area contributed by atoms with Crippen molar-refractivity contribution in [3.8, 4) is 0 Å². The van der Waals surface area contributed by atoms with Crippen LogP contribution >= 0.6 is 0 Å². The van der Waals surface area contributed by atoms with Gasteiger partial charge in [-0.05, 0) is 18.6 Å². The molecule has 0 radical (unpaired) electrons. The summed E-state index contributed by atoms with van der Waals surface area (Å²) >= 11 is 0. The highest BCUT2D eigenvalue weighted by Gasteiger charge is 2.26. The first kappa shape index (κ1) is 14.3. The number of hydrogen-bond donors (Lipinski definition) is 2. The van der Waals surface area contributed by atoms with Gasteiger partial charge < -0.3 is 9.47 Å². The van der Waals surface area contributed by atoms with Crippen molar-refractivity contribution in [1.29, 1.82) is 0 Å². The van der Waals surface area contributed by atoms with Crippen molar-refractivity contribution >= 4 is 11.8 Å². The fraction of sp³-hybridized carbons (Fsp3) is 0.250. The molecule has 0 aliphatic carbocycles. The topological polar surface area (TPSA) is 74.6 Å². The summed E-state index contributed by atoms with van der Waals surface area (Å²) in [5, 5.41) is 8.68. The fourth-order valence-electron chi connectivity index (χ4n) is 2.62. The maximum atomic E-state index is 12.5. The molecule has 1 aromatic heterocycles. The Kier molecular flexibility index (Phi) is 3.68. The molecule has 1 aliphatic heterocycles. The van der Waals surface area contributed by atoms with Gasteiger partial charge in [0.2, 0.25) is 0 Å². The van der Waals surface area contributed by atoms with E-state index in [1.165, 1.54) is 11.6 Å². The summed E-state index contributed by atoms with van der Waals surface area (Å²) < 4.78 is 1.75. The van der Waals surface area contributed by atoms with E-state index in [-0.39, 0.29) is 11.5 Å². The quantitative estimate of drug-likeness (QED) is 0.667. The SMILES string of the molecule is Cc1ccc(CN2CCn3cc(C(=O)NO)cc3C2=O)cc1. The minimum absolute atomic E-state index is 0.108. The van der Waals surface area contributed by atoms with E-state index in [4.69, 9.17) is 5.21 Å². The molecule has 2 aromatic rings. The predicted molar refractivity (Wildman–Crippen MR) is 79.6 cm³/mol. The van der Waals surface area contributed by atoms with Crippen molar-refractivity contribution in [2.45, 2.75) is 20.0 Å². The summed E-state index contributed by atoms with van der Waals surface area (Å²) in [4.78, 5) is 25.7. The number of hydroxylamine groups is 1. The Hall–Kier alpha value is -2.60. The van der Waals surface area contributed by atoms with Crippen LogP contribution in [-0.4, -0.2) is 33.0 Å². The Morgan fingerprint density at radius 3 is 2.68 bits per heavy atom. The van der Waals surface area contributed by atoms with E-state index in [2.05, 4.69) is 0 Å². The first-order valence-corrected chi connectivity index (χ1v) is 7.08. The predicted octanol–water partition coefficient (Wildman–Crippen LogP) is 1.57. The van der Waals surface area contributed by atoms with Crippen LogP contribution in [0.2, 0.25) is 0 Å². The van der Waals surface area contributed by atoms with E-state index in [0.29, 0.717) is 25.3 Å². The second kappa shape index (κ2) is 5.65. The van der Waals surface area contributed by atoms with Gasteiger partial charge >= 0.3 is 0 Å². The van der Waals surface area contributed by atoms with Gasteiger partial charge in [-0.2, -0.15) is 0 Å². The molecule has 3 rings (SSSR count). The minimum atomic E-state index is -0.611. The Bertz CT molecular complexity index is 719. The molecule has 0 bridgehead atoms. The van der Waals surface area contributed by atoms with Crippen molar-refractivity contribution in [3.05, 3.63) is 58.9 Å².